The van der Waals surface area contributed by atoms with Gasteiger partial charge in [0.15, 0.2) is 5.78 Å². The van der Waals surface area contributed by atoms with E-state index in [0.29, 0.717) is 9.75 Å². The van der Waals surface area contributed by atoms with Gasteiger partial charge in [0.2, 0.25) is 0 Å². The maximum Gasteiger partial charge on any atom is 0.261 e. The Labute approximate surface area is 145 Å². The second kappa shape index (κ2) is 7.68. The molecule has 1 amide bonds. The molecule has 5 nitrogen and oxygen atoms in total. The topological polar surface area (TPSA) is 62.3 Å². The monoisotopic (exact) mass is 343 g/mol. The normalized spacial score (nSPS) is 18.3. The van der Waals surface area contributed by atoms with Gasteiger partial charge in [0.05, 0.1) is 9.75 Å². The number of thiophene rings is 1. The summed E-state index contributed by atoms with van der Waals surface area (Å²) in [6.45, 7) is 4.25. The summed E-state index contributed by atoms with van der Waals surface area (Å²) in [6.07, 6.45) is 5.71. The van der Waals surface area contributed by atoms with Crippen LogP contribution in [0.4, 0.5) is 0 Å². The SMILES string of the molecule is CC(=O)c1ccc(C(=O)N[C@@H]2CCCN(Cc3cccnc3)C2)s1. The van der Waals surface area contributed by atoms with E-state index < -0.39 is 0 Å². The fourth-order valence-corrected chi connectivity index (χ4v) is 3.78. The third-order valence-corrected chi connectivity index (χ3v) is 5.33. The van der Waals surface area contributed by atoms with Crippen LogP contribution < -0.4 is 5.32 Å². The summed E-state index contributed by atoms with van der Waals surface area (Å²) in [7, 11) is 0. The van der Waals surface area contributed by atoms with E-state index in [1.807, 2.05) is 12.3 Å². The molecule has 1 fully saturated rings. The maximum atomic E-state index is 12.4. The summed E-state index contributed by atoms with van der Waals surface area (Å²) in [4.78, 5) is 31.5. The van der Waals surface area contributed by atoms with E-state index in [9.17, 15) is 9.59 Å². The Balaban J connectivity index is 1.56. The molecule has 0 unspecified atom stereocenters. The first-order valence-corrected chi connectivity index (χ1v) is 8.96. The van der Waals surface area contributed by atoms with Crippen LogP contribution in [0, 0.1) is 0 Å². The number of likely N-dealkylation sites (tertiary alicyclic amines) is 1. The van der Waals surface area contributed by atoms with Crippen molar-refractivity contribution in [2.24, 2.45) is 0 Å². The molecule has 2 aromatic heterocycles. The average molecular weight is 343 g/mol. The van der Waals surface area contributed by atoms with Gasteiger partial charge in [0.25, 0.3) is 5.91 Å². The molecule has 3 rings (SSSR count). The Morgan fingerprint density at radius 2 is 2.17 bits per heavy atom. The average Bonchev–Trinajstić information content (AvgIpc) is 3.06. The Morgan fingerprint density at radius 3 is 2.88 bits per heavy atom. The number of carbonyl (C=O) groups excluding carboxylic acids is 2. The molecule has 0 spiro atoms. The van der Waals surface area contributed by atoms with Gasteiger partial charge in [-0.1, -0.05) is 6.07 Å². The fraction of sp³-hybridized carbons (Fsp3) is 0.389. The molecule has 1 atom stereocenters. The van der Waals surface area contributed by atoms with E-state index in [2.05, 4.69) is 21.3 Å². The second-order valence-corrected chi connectivity index (χ2v) is 7.21. The molecule has 6 heteroatoms. The molecule has 0 bridgehead atoms. The third kappa shape index (κ3) is 4.27. The van der Waals surface area contributed by atoms with E-state index in [1.165, 1.54) is 23.8 Å². The number of carbonyl (C=O) groups is 2. The highest BCUT2D eigenvalue weighted by Crippen LogP contribution is 2.18. The maximum absolute atomic E-state index is 12.4. The number of aromatic nitrogens is 1. The lowest BCUT2D eigenvalue weighted by molar-refractivity contribution is 0.0904. The van der Waals surface area contributed by atoms with Gasteiger partial charge in [-0.15, -0.1) is 11.3 Å². The van der Waals surface area contributed by atoms with Gasteiger partial charge in [-0.25, -0.2) is 0 Å². The van der Waals surface area contributed by atoms with Crippen molar-refractivity contribution in [3.05, 3.63) is 52.0 Å². The minimum atomic E-state index is -0.0827. The molecule has 1 N–H and O–H groups in total. The van der Waals surface area contributed by atoms with Crippen molar-refractivity contribution < 1.29 is 9.59 Å². The number of nitrogens with one attached hydrogen (secondary N) is 1. The number of amides is 1. The summed E-state index contributed by atoms with van der Waals surface area (Å²) in [5.74, 6) is -0.0833. The van der Waals surface area contributed by atoms with E-state index in [4.69, 9.17) is 0 Å². The van der Waals surface area contributed by atoms with Crippen LogP contribution >= 0.6 is 11.3 Å². The van der Waals surface area contributed by atoms with Crippen molar-refractivity contribution in [3.63, 3.8) is 0 Å². The molecular weight excluding hydrogens is 322 g/mol. The first-order chi connectivity index (χ1) is 11.6. The van der Waals surface area contributed by atoms with Crippen molar-refractivity contribution in [1.82, 2.24) is 15.2 Å². The number of rotatable bonds is 5. The first-order valence-electron chi connectivity index (χ1n) is 8.15. The van der Waals surface area contributed by atoms with Crippen molar-refractivity contribution in [3.8, 4) is 0 Å². The van der Waals surface area contributed by atoms with Gasteiger partial charge in [-0.05, 0) is 50.1 Å². The predicted molar refractivity (Wildman–Crippen MR) is 94.3 cm³/mol. The van der Waals surface area contributed by atoms with Gasteiger partial charge in [-0.2, -0.15) is 0 Å². The molecule has 1 aliphatic heterocycles. The first kappa shape index (κ1) is 16.8. The zero-order chi connectivity index (χ0) is 16.9. The zero-order valence-corrected chi connectivity index (χ0v) is 14.5. The molecule has 0 radical (unpaired) electrons. The van der Waals surface area contributed by atoms with Gasteiger partial charge in [-0.3, -0.25) is 19.5 Å². The highest BCUT2D eigenvalue weighted by atomic mass is 32.1. The van der Waals surface area contributed by atoms with Gasteiger partial charge < -0.3 is 5.32 Å². The van der Waals surface area contributed by atoms with Crippen LogP contribution in [-0.4, -0.2) is 40.7 Å². The van der Waals surface area contributed by atoms with Gasteiger partial charge in [0.1, 0.15) is 0 Å². The molecular formula is C18H21N3O2S. The van der Waals surface area contributed by atoms with Crippen LogP contribution in [0.2, 0.25) is 0 Å². The standard InChI is InChI=1S/C18H21N3O2S/c1-13(22)16-6-7-17(24-16)18(23)20-15-5-3-9-21(12-15)11-14-4-2-8-19-10-14/h2,4,6-8,10,15H,3,5,9,11-12H2,1H3,(H,20,23)/t15-/m1/s1. The number of Topliss-reactive ketones (excluding diaryl/α,β-unsaturated/α-hetero) is 1. The highest BCUT2D eigenvalue weighted by Gasteiger charge is 2.22. The second-order valence-electron chi connectivity index (χ2n) is 6.13. The summed E-state index contributed by atoms with van der Waals surface area (Å²) >= 11 is 1.26. The fourth-order valence-electron chi connectivity index (χ4n) is 2.97. The quantitative estimate of drug-likeness (QED) is 0.848. The summed E-state index contributed by atoms with van der Waals surface area (Å²) in [5, 5.41) is 3.11. The van der Waals surface area contributed by atoms with Gasteiger partial charge in [0, 0.05) is 31.5 Å². The smallest absolute Gasteiger partial charge is 0.261 e. The van der Waals surface area contributed by atoms with Crippen LogP contribution in [0.15, 0.2) is 36.7 Å². The Bertz CT molecular complexity index is 714. The Morgan fingerprint density at radius 1 is 1.33 bits per heavy atom. The number of ketones is 1. The Hall–Kier alpha value is -2.05. The van der Waals surface area contributed by atoms with E-state index >= 15 is 0 Å². The number of hydrogen-bond acceptors (Lipinski definition) is 5. The van der Waals surface area contributed by atoms with Crippen LogP contribution in [0.1, 0.15) is 44.7 Å². The van der Waals surface area contributed by atoms with E-state index in [1.54, 1.807) is 18.3 Å². The Kier molecular flexibility index (Phi) is 5.37. The number of nitrogens with zero attached hydrogens (tertiary/aromatic N) is 2. The number of piperidine rings is 1. The minimum Gasteiger partial charge on any atom is -0.347 e. The molecule has 24 heavy (non-hydrogen) atoms. The number of hydrogen-bond donors (Lipinski definition) is 1. The lowest BCUT2D eigenvalue weighted by Crippen LogP contribution is -2.47. The zero-order valence-electron chi connectivity index (χ0n) is 13.7. The predicted octanol–water partition coefficient (Wildman–Crippen LogP) is 2.74. The van der Waals surface area contributed by atoms with Crippen LogP contribution in [0.25, 0.3) is 0 Å². The third-order valence-electron chi connectivity index (χ3n) is 4.15. The highest BCUT2D eigenvalue weighted by molar-refractivity contribution is 7.15. The largest absolute Gasteiger partial charge is 0.347 e. The van der Waals surface area contributed by atoms with Crippen molar-refractivity contribution in [2.45, 2.75) is 32.4 Å². The lowest BCUT2D eigenvalue weighted by atomic mass is 10.0. The van der Waals surface area contributed by atoms with Crippen LogP contribution in [0.5, 0.6) is 0 Å². The summed E-state index contributed by atoms with van der Waals surface area (Å²) in [6, 6.07) is 7.61. The van der Waals surface area contributed by atoms with E-state index in [0.717, 1.165) is 32.5 Å². The van der Waals surface area contributed by atoms with Crippen molar-refractivity contribution in [2.75, 3.05) is 13.1 Å². The number of pyridine rings is 1. The molecule has 126 valence electrons. The molecule has 0 aromatic carbocycles. The molecule has 0 saturated carbocycles. The molecule has 3 heterocycles. The summed E-state index contributed by atoms with van der Waals surface area (Å²) in [5.41, 5.74) is 1.19. The van der Waals surface area contributed by atoms with Crippen LogP contribution in [0.3, 0.4) is 0 Å². The van der Waals surface area contributed by atoms with Crippen molar-refractivity contribution in [1.29, 1.82) is 0 Å². The van der Waals surface area contributed by atoms with E-state index in [-0.39, 0.29) is 17.7 Å². The van der Waals surface area contributed by atoms with Gasteiger partial charge >= 0.3 is 0 Å². The van der Waals surface area contributed by atoms with Crippen LogP contribution in [-0.2, 0) is 6.54 Å². The minimum absolute atomic E-state index is 0.000591. The van der Waals surface area contributed by atoms with Crippen molar-refractivity contribution >= 4 is 23.0 Å². The lowest BCUT2D eigenvalue weighted by Gasteiger charge is -2.33. The molecule has 2 aromatic rings. The summed E-state index contributed by atoms with van der Waals surface area (Å²) < 4.78 is 0. The molecule has 1 aliphatic rings. The molecule has 0 aliphatic carbocycles. The molecule has 1 saturated heterocycles.